The Bertz CT molecular complexity index is 210. The molecular formula is C10H16O5. The predicted molar refractivity (Wildman–Crippen MR) is 55.0 cm³/mol. The van der Waals surface area contributed by atoms with E-state index in [0.29, 0.717) is 6.61 Å². The SMILES string of the molecule is C=CC(=O)OCC.C=CC(=O)OCOC. The summed E-state index contributed by atoms with van der Waals surface area (Å²) >= 11 is 0. The van der Waals surface area contributed by atoms with Crippen molar-refractivity contribution in [2.75, 3.05) is 20.5 Å². The monoisotopic (exact) mass is 216 g/mol. The molecule has 0 aromatic rings. The van der Waals surface area contributed by atoms with Gasteiger partial charge in [0.05, 0.1) is 6.61 Å². The van der Waals surface area contributed by atoms with Crippen LogP contribution in [0.2, 0.25) is 0 Å². The van der Waals surface area contributed by atoms with Crippen LogP contribution in [0, 0.1) is 0 Å². The van der Waals surface area contributed by atoms with Crippen LogP contribution in [0.1, 0.15) is 6.92 Å². The Morgan fingerprint density at radius 3 is 1.87 bits per heavy atom. The smallest absolute Gasteiger partial charge is 0.332 e. The summed E-state index contributed by atoms with van der Waals surface area (Å²) in [6.45, 7) is 8.55. The molecule has 0 bridgehead atoms. The third kappa shape index (κ3) is 15.2. The zero-order valence-corrected chi connectivity index (χ0v) is 9.02. The van der Waals surface area contributed by atoms with Crippen LogP contribution in [0.5, 0.6) is 0 Å². The van der Waals surface area contributed by atoms with E-state index in [1.807, 2.05) is 0 Å². The molecule has 5 heteroatoms. The van der Waals surface area contributed by atoms with Gasteiger partial charge in [0, 0.05) is 19.3 Å². The van der Waals surface area contributed by atoms with Crippen molar-refractivity contribution in [3.05, 3.63) is 25.3 Å². The first-order valence-electron chi connectivity index (χ1n) is 4.19. The molecule has 5 nitrogen and oxygen atoms in total. The highest BCUT2D eigenvalue weighted by Crippen LogP contribution is 1.76. The zero-order valence-electron chi connectivity index (χ0n) is 9.02. The van der Waals surface area contributed by atoms with Crippen molar-refractivity contribution in [2.24, 2.45) is 0 Å². The van der Waals surface area contributed by atoms with Crippen molar-refractivity contribution in [1.29, 1.82) is 0 Å². The standard InChI is InChI=1S/C5H8O3.C5H8O2/c1-3-5(6)8-4-7-2;1-3-5(6)7-4-2/h3H,1,4H2,2H3;3H,1,4H2,2H3. The molecule has 0 saturated heterocycles. The van der Waals surface area contributed by atoms with Crippen LogP contribution in [-0.2, 0) is 23.8 Å². The molecule has 0 rings (SSSR count). The molecule has 0 amide bonds. The van der Waals surface area contributed by atoms with Gasteiger partial charge in [0.2, 0.25) is 0 Å². The van der Waals surface area contributed by atoms with Gasteiger partial charge in [-0.25, -0.2) is 9.59 Å². The number of hydrogen-bond donors (Lipinski definition) is 0. The Balaban J connectivity index is 0. The summed E-state index contributed by atoms with van der Waals surface area (Å²) in [6, 6.07) is 0. The molecule has 0 aliphatic heterocycles. The predicted octanol–water partition coefficient (Wildman–Crippen LogP) is 1.05. The number of esters is 2. The normalized spacial score (nSPS) is 7.87. The number of carbonyl (C=O) groups excluding carboxylic acids is 2. The third-order valence-corrected chi connectivity index (χ3v) is 0.939. The van der Waals surface area contributed by atoms with Gasteiger partial charge in [-0.15, -0.1) is 0 Å². The van der Waals surface area contributed by atoms with Crippen molar-refractivity contribution >= 4 is 11.9 Å². The molecule has 0 aromatic carbocycles. The number of hydrogen-bond acceptors (Lipinski definition) is 5. The number of methoxy groups -OCH3 is 1. The molecule has 86 valence electrons. The minimum absolute atomic E-state index is 0.00907. The van der Waals surface area contributed by atoms with E-state index in [2.05, 4.69) is 27.4 Å². The lowest BCUT2D eigenvalue weighted by Crippen LogP contribution is -2.02. The van der Waals surface area contributed by atoms with E-state index in [1.165, 1.54) is 7.11 Å². The number of ether oxygens (including phenoxy) is 3. The highest BCUT2D eigenvalue weighted by molar-refractivity contribution is 5.81. The topological polar surface area (TPSA) is 61.8 Å². The number of carbonyl (C=O) groups is 2. The van der Waals surface area contributed by atoms with Gasteiger partial charge in [-0.05, 0) is 6.92 Å². The minimum atomic E-state index is -0.466. The first-order chi connectivity index (χ1) is 7.12. The summed E-state index contributed by atoms with van der Waals surface area (Å²) in [5.41, 5.74) is 0. The Morgan fingerprint density at radius 1 is 1.13 bits per heavy atom. The van der Waals surface area contributed by atoms with Crippen molar-refractivity contribution in [3.8, 4) is 0 Å². The molecule has 0 aromatic heterocycles. The second-order valence-electron chi connectivity index (χ2n) is 2.03. The summed E-state index contributed by atoms with van der Waals surface area (Å²) < 4.78 is 13.2. The molecule has 0 aliphatic carbocycles. The quantitative estimate of drug-likeness (QED) is 0.390. The van der Waals surface area contributed by atoms with Gasteiger partial charge in [0.1, 0.15) is 0 Å². The average molecular weight is 216 g/mol. The van der Waals surface area contributed by atoms with E-state index in [1.54, 1.807) is 6.92 Å². The van der Waals surface area contributed by atoms with Crippen molar-refractivity contribution in [2.45, 2.75) is 6.92 Å². The zero-order chi connectivity index (χ0) is 12.1. The average Bonchev–Trinajstić information content (AvgIpc) is 2.26. The Hall–Kier alpha value is -1.62. The largest absolute Gasteiger partial charge is 0.463 e. The maximum absolute atomic E-state index is 10.2. The lowest BCUT2D eigenvalue weighted by atomic mass is 10.6. The van der Waals surface area contributed by atoms with E-state index in [4.69, 9.17) is 0 Å². The van der Waals surface area contributed by atoms with Gasteiger partial charge < -0.3 is 14.2 Å². The van der Waals surface area contributed by atoms with Crippen LogP contribution in [0.15, 0.2) is 25.3 Å². The first-order valence-corrected chi connectivity index (χ1v) is 4.19. The fourth-order valence-electron chi connectivity index (χ4n) is 0.377. The van der Waals surface area contributed by atoms with E-state index in [9.17, 15) is 9.59 Å². The second-order valence-corrected chi connectivity index (χ2v) is 2.03. The van der Waals surface area contributed by atoms with Crippen LogP contribution in [0.4, 0.5) is 0 Å². The summed E-state index contributed by atoms with van der Waals surface area (Å²) in [4.78, 5) is 20.2. The Labute approximate surface area is 89.3 Å². The van der Waals surface area contributed by atoms with Crippen LogP contribution in [0.25, 0.3) is 0 Å². The van der Waals surface area contributed by atoms with Crippen LogP contribution < -0.4 is 0 Å². The van der Waals surface area contributed by atoms with E-state index >= 15 is 0 Å². The molecule has 0 saturated carbocycles. The van der Waals surface area contributed by atoms with Gasteiger partial charge in [-0.2, -0.15) is 0 Å². The molecule has 0 aliphatic rings. The second kappa shape index (κ2) is 12.4. The van der Waals surface area contributed by atoms with Crippen molar-refractivity contribution < 1.29 is 23.8 Å². The molecule has 0 unspecified atom stereocenters. The van der Waals surface area contributed by atoms with Crippen molar-refractivity contribution in [1.82, 2.24) is 0 Å². The molecule has 0 spiro atoms. The highest BCUT2D eigenvalue weighted by Gasteiger charge is 1.89. The van der Waals surface area contributed by atoms with Crippen LogP contribution in [-0.4, -0.2) is 32.4 Å². The number of rotatable bonds is 5. The molecule has 0 heterocycles. The fraction of sp³-hybridized carbons (Fsp3) is 0.400. The van der Waals surface area contributed by atoms with Gasteiger partial charge in [-0.3, -0.25) is 0 Å². The van der Waals surface area contributed by atoms with Crippen LogP contribution >= 0.6 is 0 Å². The van der Waals surface area contributed by atoms with Gasteiger partial charge in [0.15, 0.2) is 6.79 Å². The molecule has 0 radical (unpaired) electrons. The Morgan fingerprint density at radius 2 is 1.60 bits per heavy atom. The van der Waals surface area contributed by atoms with Gasteiger partial charge in [0.25, 0.3) is 0 Å². The van der Waals surface area contributed by atoms with E-state index in [0.717, 1.165) is 12.2 Å². The summed E-state index contributed by atoms with van der Waals surface area (Å²) in [5, 5.41) is 0. The van der Waals surface area contributed by atoms with Crippen LogP contribution in [0.3, 0.4) is 0 Å². The molecule has 0 fully saturated rings. The minimum Gasteiger partial charge on any atom is -0.463 e. The van der Waals surface area contributed by atoms with Crippen molar-refractivity contribution in [3.63, 3.8) is 0 Å². The lowest BCUT2D eigenvalue weighted by Gasteiger charge is -1.95. The maximum Gasteiger partial charge on any atom is 0.332 e. The Kier molecular flexibility index (Phi) is 13.1. The summed E-state index contributed by atoms with van der Waals surface area (Å²) in [7, 11) is 1.44. The summed E-state index contributed by atoms with van der Waals surface area (Å²) in [5.74, 6) is -0.825. The highest BCUT2D eigenvalue weighted by atomic mass is 16.7. The van der Waals surface area contributed by atoms with Gasteiger partial charge >= 0.3 is 11.9 Å². The lowest BCUT2D eigenvalue weighted by molar-refractivity contribution is -0.147. The molecule has 0 N–H and O–H groups in total. The third-order valence-electron chi connectivity index (χ3n) is 0.939. The first kappa shape index (κ1) is 15.8. The molecule has 0 atom stereocenters. The van der Waals surface area contributed by atoms with E-state index in [-0.39, 0.29) is 12.8 Å². The summed E-state index contributed by atoms with van der Waals surface area (Å²) in [6.07, 6.45) is 2.22. The maximum atomic E-state index is 10.2. The van der Waals surface area contributed by atoms with Gasteiger partial charge in [-0.1, -0.05) is 13.2 Å². The van der Waals surface area contributed by atoms with E-state index < -0.39 is 5.97 Å². The fourth-order valence-corrected chi connectivity index (χ4v) is 0.377. The molecular weight excluding hydrogens is 200 g/mol. The molecule has 15 heavy (non-hydrogen) atoms.